The van der Waals surface area contributed by atoms with Gasteiger partial charge in [0, 0.05) is 35.4 Å². The number of nitrogens with one attached hydrogen (secondary N) is 2. The highest BCUT2D eigenvalue weighted by atomic mass is 19.1. The molecule has 8 heteroatoms. The summed E-state index contributed by atoms with van der Waals surface area (Å²) in [5.41, 5.74) is 3.82. The fraction of sp³-hybridized carbons (Fsp3) is 0.500. The number of rotatable bonds is 4. The maximum absolute atomic E-state index is 15.3. The first-order valence-electron chi connectivity index (χ1n) is 12.5. The molecule has 0 amide bonds. The van der Waals surface area contributed by atoms with Gasteiger partial charge in [-0.05, 0) is 70.4 Å². The van der Waals surface area contributed by atoms with E-state index < -0.39 is 0 Å². The molecule has 1 aliphatic heterocycles. The van der Waals surface area contributed by atoms with Crippen molar-refractivity contribution >= 4 is 28.0 Å². The molecule has 3 aromatic heterocycles. The molecule has 6 rings (SSSR count). The largest absolute Gasteiger partial charge is 0.351 e. The van der Waals surface area contributed by atoms with Crippen LogP contribution in [0, 0.1) is 12.7 Å². The van der Waals surface area contributed by atoms with Crippen molar-refractivity contribution in [1.29, 1.82) is 0 Å². The van der Waals surface area contributed by atoms with Crippen LogP contribution in [0.15, 0.2) is 24.5 Å². The van der Waals surface area contributed by atoms with E-state index in [1.807, 2.05) is 19.3 Å². The molecule has 0 radical (unpaired) electrons. The molecule has 0 spiro atoms. The molecular weight excluding hydrogens is 429 g/mol. The Kier molecular flexibility index (Phi) is 5.48. The zero-order valence-corrected chi connectivity index (χ0v) is 19.9. The van der Waals surface area contributed by atoms with E-state index in [1.165, 1.54) is 32.1 Å². The minimum Gasteiger partial charge on any atom is -0.351 e. The number of likely N-dealkylation sites (tertiary alicyclic amines) is 1. The molecule has 0 atom stereocenters. The van der Waals surface area contributed by atoms with Crippen LogP contribution in [0.25, 0.3) is 33.2 Å². The van der Waals surface area contributed by atoms with E-state index in [2.05, 4.69) is 42.8 Å². The molecule has 34 heavy (non-hydrogen) atoms. The SMILES string of the molecule is Cc1nc2c(F)cc(-c3c[nH]c4nc(NC5CCCCC5)ncc34)cc2n1C1CCN(C)CC1. The first-order valence-corrected chi connectivity index (χ1v) is 12.5. The summed E-state index contributed by atoms with van der Waals surface area (Å²) >= 11 is 0. The third-order valence-electron chi connectivity index (χ3n) is 7.66. The Morgan fingerprint density at radius 2 is 1.85 bits per heavy atom. The molecule has 0 unspecified atom stereocenters. The third-order valence-corrected chi connectivity index (χ3v) is 7.66. The Balaban J connectivity index is 1.36. The summed E-state index contributed by atoms with van der Waals surface area (Å²) in [4.78, 5) is 19.5. The highest BCUT2D eigenvalue weighted by molar-refractivity contribution is 5.96. The third kappa shape index (κ3) is 3.83. The lowest BCUT2D eigenvalue weighted by Crippen LogP contribution is -2.31. The van der Waals surface area contributed by atoms with E-state index in [1.54, 1.807) is 6.07 Å². The van der Waals surface area contributed by atoms with Gasteiger partial charge in [-0.2, -0.15) is 4.98 Å². The molecule has 178 valence electrons. The van der Waals surface area contributed by atoms with Crippen LogP contribution in [0.2, 0.25) is 0 Å². The number of hydrogen-bond donors (Lipinski definition) is 2. The highest BCUT2D eigenvalue weighted by Crippen LogP contribution is 2.35. The number of hydrogen-bond acceptors (Lipinski definition) is 5. The van der Waals surface area contributed by atoms with Crippen molar-refractivity contribution in [3.8, 4) is 11.1 Å². The van der Waals surface area contributed by atoms with Crippen molar-refractivity contribution in [2.75, 3.05) is 25.5 Å². The number of aromatic nitrogens is 5. The number of halogens is 1. The van der Waals surface area contributed by atoms with Gasteiger partial charge in [0.25, 0.3) is 0 Å². The Labute approximate surface area is 198 Å². The van der Waals surface area contributed by atoms with Crippen LogP contribution in [-0.4, -0.2) is 55.6 Å². The standard InChI is InChI=1S/C26H32FN7/c1-16-30-24-22(27)12-17(13-23(24)34(16)19-8-10-33(2)11-9-19)20-14-28-25-21(20)15-29-26(32-25)31-18-6-4-3-5-7-18/h12-15,18-19H,3-11H2,1-2H3,(H2,28,29,31,32). The number of anilines is 1. The number of piperidine rings is 1. The Bertz CT molecular complexity index is 1330. The van der Waals surface area contributed by atoms with Crippen LogP contribution in [0.5, 0.6) is 0 Å². The first kappa shape index (κ1) is 21.5. The monoisotopic (exact) mass is 461 g/mol. The predicted molar refractivity (Wildman–Crippen MR) is 134 cm³/mol. The Morgan fingerprint density at radius 1 is 1.06 bits per heavy atom. The van der Waals surface area contributed by atoms with Crippen LogP contribution < -0.4 is 5.32 Å². The average Bonchev–Trinajstić information content (AvgIpc) is 3.41. The van der Waals surface area contributed by atoms with E-state index in [0.717, 1.165) is 59.4 Å². The normalized spacial score (nSPS) is 18.8. The summed E-state index contributed by atoms with van der Waals surface area (Å²) in [6, 6.07) is 4.45. The van der Waals surface area contributed by atoms with E-state index in [-0.39, 0.29) is 5.82 Å². The van der Waals surface area contributed by atoms with Crippen LogP contribution in [0.1, 0.15) is 56.8 Å². The maximum atomic E-state index is 15.3. The van der Waals surface area contributed by atoms with Gasteiger partial charge in [0.15, 0.2) is 5.82 Å². The molecule has 4 heterocycles. The molecule has 1 aliphatic carbocycles. The summed E-state index contributed by atoms with van der Waals surface area (Å²) in [5.74, 6) is 1.25. The van der Waals surface area contributed by atoms with Gasteiger partial charge < -0.3 is 19.8 Å². The molecule has 1 saturated heterocycles. The summed E-state index contributed by atoms with van der Waals surface area (Å²) in [5, 5.41) is 4.39. The van der Waals surface area contributed by atoms with E-state index in [0.29, 0.717) is 23.5 Å². The lowest BCUT2D eigenvalue weighted by atomic mass is 9.96. The minimum absolute atomic E-state index is 0.284. The summed E-state index contributed by atoms with van der Waals surface area (Å²) < 4.78 is 17.5. The Hall–Kier alpha value is -3.00. The van der Waals surface area contributed by atoms with Gasteiger partial charge in [-0.25, -0.2) is 14.4 Å². The number of aryl methyl sites for hydroxylation is 1. The highest BCUT2D eigenvalue weighted by Gasteiger charge is 2.24. The second-order valence-electron chi connectivity index (χ2n) is 10.0. The number of benzene rings is 1. The summed E-state index contributed by atoms with van der Waals surface area (Å²) in [6.45, 7) is 4.07. The molecule has 2 N–H and O–H groups in total. The van der Waals surface area contributed by atoms with Gasteiger partial charge in [-0.15, -0.1) is 0 Å². The van der Waals surface area contributed by atoms with Crippen LogP contribution in [0.3, 0.4) is 0 Å². The number of H-pyrrole nitrogens is 1. The number of fused-ring (bicyclic) bond motifs is 2. The van der Waals surface area contributed by atoms with Crippen molar-refractivity contribution in [1.82, 2.24) is 29.4 Å². The van der Waals surface area contributed by atoms with Gasteiger partial charge >= 0.3 is 0 Å². The second kappa shape index (κ2) is 8.65. The smallest absolute Gasteiger partial charge is 0.224 e. The second-order valence-corrected chi connectivity index (χ2v) is 10.0. The molecule has 7 nitrogen and oxygen atoms in total. The van der Waals surface area contributed by atoms with Crippen molar-refractivity contribution in [3.63, 3.8) is 0 Å². The van der Waals surface area contributed by atoms with Gasteiger partial charge in [-0.1, -0.05) is 19.3 Å². The zero-order chi connectivity index (χ0) is 23.2. The number of imidazole rings is 1. The van der Waals surface area contributed by atoms with Gasteiger partial charge in [0.2, 0.25) is 5.95 Å². The maximum Gasteiger partial charge on any atom is 0.224 e. The summed E-state index contributed by atoms with van der Waals surface area (Å²) in [7, 11) is 2.15. The topological polar surface area (TPSA) is 74.7 Å². The fourth-order valence-electron chi connectivity index (χ4n) is 5.78. The van der Waals surface area contributed by atoms with Crippen LogP contribution in [0.4, 0.5) is 10.3 Å². The molecule has 1 aromatic carbocycles. The number of aromatic amines is 1. The predicted octanol–water partition coefficient (Wildman–Crippen LogP) is 5.43. The van der Waals surface area contributed by atoms with Crippen LogP contribution in [-0.2, 0) is 0 Å². The number of nitrogens with zero attached hydrogens (tertiary/aromatic N) is 5. The molecule has 4 aromatic rings. The van der Waals surface area contributed by atoms with Gasteiger partial charge in [0.05, 0.1) is 5.52 Å². The molecule has 1 saturated carbocycles. The van der Waals surface area contributed by atoms with Crippen molar-refractivity contribution in [3.05, 3.63) is 36.2 Å². The van der Waals surface area contributed by atoms with Crippen LogP contribution >= 0.6 is 0 Å². The lowest BCUT2D eigenvalue weighted by Gasteiger charge is -2.30. The Morgan fingerprint density at radius 3 is 2.65 bits per heavy atom. The molecular formula is C26H32FN7. The van der Waals surface area contributed by atoms with Crippen molar-refractivity contribution in [2.24, 2.45) is 0 Å². The lowest BCUT2D eigenvalue weighted by molar-refractivity contribution is 0.222. The van der Waals surface area contributed by atoms with Gasteiger partial charge in [0.1, 0.15) is 17.0 Å². The van der Waals surface area contributed by atoms with E-state index >= 15 is 4.39 Å². The van der Waals surface area contributed by atoms with Crippen molar-refractivity contribution < 1.29 is 4.39 Å². The van der Waals surface area contributed by atoms with E-state index in [9.17, 15) is 0 Å². The summed E-state index contributed by atoms with van der Waals surface area (Å²) in [6.07, 6.45) is 12.0. The van der Waals surface area contributed by atoms with Gasteiger partial charge in [-0.3, -0.25) is 0 Å². The molecule has 2 aliphatic rings. The first-order chi connectivity index (χ1) is 16.6. The molecule has 0 bridgehead atoms. The zero-order valence-electron chi connectivity index (χ0n) is 19.9. The van der Waals surface area contributed by atoms with Crippen molar-refractivity contribution in [2.45, 2.75) is 64.0 Å². The van der Waals surface area contributed by atoms with E-state index in [4.69, 9.17) is 4.98 Å². The molecule has 2 fully saturated rings. The minimum atomic E-state index is -0.284. The average molecular weight is 462 g/mol. The quantitative estimate of drug-likeness (QED) is 0.424. The fourth-order valence-corrected chi connectivity index (χ4v) is 5.78.